The van der Waals surface area contributed by atoms with Crippen molar-refractivity contribution in [3.63, 3.8) is 0 Å². The van der Waals surface area contributed by atoms with E-state index in [2.05, 4.69) is 9.97 Å². The normalized spacial score (nSPS) is 19.4. The molecule has 1 aliphatic rings. The van der Waals surface area contributed by atoms with Gasteiger partial charge in [-0.2, -0.15) is 0 Å². The molecule has 1 fully saturated rings. The predicted molar refractivity (Wildman–Crippen MR) is 63.3 cm³/mol. The third kappa shape index (κ3) is 1.84. The Morgan fingerprint density at radius 2 is 2.50 bits per heavy atom. The molecule has 0 saturated carbocycles. The van der Waals surface area contributed by atoms with Crippen LogP contribution in [0.2, 0.25) is 0 Å². The van der Waals surface area contributed by atoms with Crippen LogP contribution in [-0.4, -0.2) is 38.8 Å². The van der Waals surface area contributed by atoms with E-state index in [0.29, 0.717) is 18.9 Å². The molecule has 6 heteroatoms. The summed E-state index contributed by atoms with van der Waals surface area (Å²) in [5, 5.41) is 9.00. The lowest BCUT2D eigenvalue weighted by molar-refractivity contribution is -0.137. The van der Waals surface area contributed by atoms with E-state index in [4.69, 9.17) is 9.84 Å². The van der Waals surface area contributed by atoms with Crippen LogP contribution in [0.15, 0.2) is 18.3 Å². The van der Waals surface area contributed by atoms with Crippen LogP contribution in [0, 0.1) is 0 Å². The van der Waals surface area contributed by atoms with Crippen molar-refractivity contribution in [1.29, 1.82) is 0 Å². The molecule has 18 heavy (non-hydrogen) atoms. The van der Waals surface area contributed by atoms with E-state index in [1.54, 1.807) is 16.8 Å². The molecule has 1 atom stereocenters. The third-order valence-corrected chi connectivity index (χ3v) is 3.12. The van der Waals surface area contributed by atoms with E-state index >= 15 is 0 Å². The fourth-order valence-corrected chi connectivity index (χ4v) is 2.32. The number of carboxylic acids is 1. The lowest BCUT2D eigenvalue weighted by atomic mass is 10.1. The standard InChI is InChI=1S/C12H13N3O3/c16-10(17)6-15-11(8-3-5-18-7-8)14-9-2-1-4-13-12(9)15/h1-2,4,8H,3,5-7H2,(H,16,17)/t8-/m1/s1. The molecule has 1 N–H and O–H groups in total. The topological polar surface area (TPSA) is 77.2 Å². The first-order chi connectivity index (χ1) is 8.75. The number of hydrogen-bond donors (Lipinski definition) is 1. The zero-order valence-electron chi connectivity index (χ0n) is 9.74. The van der Waals surface area contributed by atoms with Gasteiger partial charge in [-0.15, -0.1) is 0 Å². The van der Waals surface area contributed by atoms with Crippen LogP contribution in [0.3, 0.4) is 0 Å². The average molecular weight is 247 g/mol. The minimum atomic E-state index is -0.889. The first-order valence-corrected chi connectivity index (χ1v) is 5.86. The van der Waals surface area contributed by atoms with E-state index in [9.17, 15) is 4.79 Å². The summed E-state index contributed by atoms with van der Waals surface area (Å²) in [4.78, 5) is 19.7. The Morgan fingerprint density at radius 1 is 1.61 bits per heavy atom. The summed E-state index contributed by atoms with van der Waals surface area (Å²) in [7, 11) is 0. The SMILES string of the molecule is O=C(O)Cn1c([C@@H]2CCOC2)nc2cccnc21. The second-order valence-electron chi connectivity index (χ2n) is 4.36. The summed E-state index contributed by atoms with van der Waals surface area (Å²) >= 11 is 0. The van der Waals surface area contributed by atoms with Gasteiger partial charge in [-0.1, -0.05) is 0 Å². The van der Waals surface area contributed by atoms with Gasteiger partial charge >= 0.3 is 5.97 Å². The van der Waals surface area contributed by atoms with Crippen LogP contribution < -0.4 is 0 Å². The Balaban J connectivity index is 2.12. The Kier molecular flexibility index (Phi) is 2.71. The molecule has 6 nitrogen and oxygen atoms in total. The highest BCUT2D eigenvalue weighted by molar-refractivity contribution is 5.75. The maximum absolute atomic E-state index is 11.0. The molecule has 0 unspecified atom stereocenters. The number of carboxylic acid groups (broad SMARTS) is 1. The smallest absolute Gasteiger partial charge is 0.323 e. The van der Waals surface area contributed by atoms with E-state index in [-0.39, 0.29) is 12.5 Å². The first-order valence-electron chi connectivity index (χ1n) is 5.86. The van der Waals surface area contributed by atoms with Crippen molar-refractivity contribution >= 4 is 17.1 Å². The molecule has 0 radical (unpaired) electrons. The molecule has 2 aromatic heterocycles. The predicted octanol–water partition coefficient (Wildman–Crippen LogP) is 1.02. The molecule has 2 aromatic rings. The van der Waals surface area contributed by atoms with Crippen molar-refractivity contribution in [2.45, 2.75) is 18.9 Å². The van der Waals surface area contributed by atoms with Gasteiger partial charge in [0.1, 0.15) is 17.9 Å². The Bertz CT molecular complexity index is 587. The van der Waals surface area contributed by atoms with E-state index in [1.807, 2.05) is 6.07 Å². The molecule has 1 aliphatic heterocycles. The van der Waals surface area contributed by atoms with Crippen molar-refractivity contribution in [3.05, 3.63) is 24.2 Å². The minimum absolute atomic E-state index is 0.112. The Hall–Kier alpha value is -1.95. The van der Waals surface area contributed by atoms with Crippen molar-refractivity contribution in [1.82, 2.24) is 14.5 Å². The van der Waals surface area contributed by atoms with Crippen molar-refractivity contribution in [2.75, 3.05) is 13.2 Å². The number of imidazole rings is 1. The van der Waals surface area contributed by atoms with Crippen LogP contribution in [0.25, 0.3) is 11.2 Å². The number of fused-ring (bicyclic) bond motifs is 1. The number of carbonyl (C=O) groups is 1. The van der Waals surface area contributed by atoms with Crippen molar-refractivity contribution in [2.24, 2.45) is 0 Å². The molecule has 3 rings (SSSR count). The number of nitrogens with zero attached hydrogens (tertiary/aromatic N) is 3. The Morgan fingerprint density at radius 3 is 3.22 bits per heavy atom. The van der Waals surface area contributed by atoms with E-state index in [1.165, 1.54) is 0 Å². The van der Waals surface area contributed by atoms with Gasteiger partial charge in [0, 0.05) is 18.7 Å². The van der Waals surface area contributed by atoms with Crippen LogP contribution >= 0.6 is 0 Å². The molecular formula is C12H13N3O3. The maximum Gasteiger partial charge on any atom is 0.323 e. The number of hydrogen-bond acceptors (Lipinski definition) is 4. The zero-order chi connectivity index (χ0) is 12.5. The highest BCUT2D eigenvalue weighted by Gasteiger charge is 2.25. The lowest BCUT2D eigenvalue weighted by Crippen LogP contribution is -2.15. The monoisotopic (exact) mass is 247 g/mol. The summed E-state index contributed by atoms with van der Waals surface area (Å²) in [5.41, 5.74) is 1.36. The number of aliphatic carboxylic acids is 1. The number of rotatable bonds is 3. The second kappa shape index (κ2) is 4.38. The van der Waals surface area contributed by atoms with E-state index < -0.39 is 5.97 Å². The van der Waals surface area contributed by atoms with Gasteiger partial charge in [-0.3, -0.25) is 4.79 Å². The fourth-order valence-electron chi connectivity index (χ4n) is 2.32. The number of aromatic nitrogens is 3. The number of ether oxygens (including phenoxy) is 1. The summed E-state index contributed by atoms with van der Waals surface area (Å²) < 4.78 is 7.02. The summed E-state index contributed by atoms with van der Waals surface area (Å²) in [5.74, 6) is 0.0438. The van der Waals surface area contributed by atoms with Gasteiger partial charge in [0.2, 0.25) is 0 Å². The highest BCUT2D eigenvalue weighted by Crippen LogP contribution is 2.27. The minimum Gasteiger partial charge on any atom is -0.480 e. The lowest BCUT2D eigenvalue weighted by Gasteiger charge is -2.09. The molecule has 94 valence electrons. The Labute approximate surface area is 103 Å². The van der Waals surface area contributed by atoms with Crippen LogP contribution in [0.4, 0.5) is 0 Å². The zero-order valence-corrected chi connectivity index (χ0v) is 9.74. The van der Waals surface area contributed by atoms with Crippen molar-refractivity contribution < 1.29 is 14.6 Å². The quantitative estimate of drug-likeness (QED) is 0.876. The molecule has 0 amide bonds. The van der Waals surface area contributed by atoms with Gasteiger partial charge in [0.05, 0.1) is 6.61 Å². The molecule has 1 saturated heterocycles. The largest absolute Gasteiger partial charge is 0.480 e. The average Bonchev–Trinajstić information content (AvgIpc) is 2.96. The highest BCUT2D eigenvalue weighted by atomic mass is 16.5. The van der Waals surface area contributed by atoms with Gasteiger partial charge in [0.25, 0.3) is 0 Å². The van der Waals surface area contributed by atoms with Gasteiger partial charge in [-0.25, -0.2) is 9.97 Å². The van der Waals surface area contributed by atoms with Gasteiger partial charge in [0.15, 0.2) is 5.65 Å². The van der Waals surface area contributed by atoms with Crippen LogP contribution in [0.1, 0.15) is 18.2 Å². The molecule has 0 bridgehead atoms. The first kappa shape index (κ1) is 11.2. The number of pyridine rings is 1. The molecule has 0 aromatic carbocycles. The van der Waals surface area contributed by atoms with Crippen molar-refractivity contribution in [3.8, 4) is 0 Å². The van der Waals surface area contributed by atoms with Gasteiger partial charge < -0.3 is 14.4 Å². The maximum atomic E-state index is 11.0. The second-order valence-corrected chi connectivity index (χ2v) is 4.36. The third-order valence-electron chi connectivity index (χ3n) is 3.12. The molecule has 0 spiro atoms. The summed E-state index contributed by atoms with van der Waals surface area (Å²) in [6.07, 6.45) is 2.53. The molecule has 0 aliphatic carbocycles. The summed E-state index contributed by atoms with van der Waals surface area (Å²) in [6, 6.07) is 3.65. The van der Waals surface area contributed by atoms with Gasteiger partial charge in [-0.05, 0) is 18.6 Å². The molecular weight excluding hydrogens is 234 g/mol. The van der Waals surface area contributed by atoms with E-state index in [0.717, 1.165) is 17.8 Å². The van der Waals surface area contributed by atoms with Crippen LogP contribution in [0.5, 0.6) is 0 Å². The summed E-state index contributed by atoms with van der Waals surface area (Å²) in [6.45, 7) is 1.19. The fraction of sp³-hybridized carbons (Fsp3) is 0.417. The molecule has 3 heterocycles. The van der Waals surface area contributed by atoms with Crippen LogP contribution in [-0.2, 0) is 16.1 Å².